The third-order valence-corrected chi connectivity index (χ3v) is 5.31. The fourth-order valence-corrected chi connectivity index (χ4v) is 3.85. The summed E-state index contributed by atoms with van der Waals surface area (Å²) in [6, 6.07) is 14.4. The van der Waals surface area contributed by atoms with Crippen molar-refractivity contribution in [2.45, 2.75) is 26.7 Å². The highest BCUT2D eigenvalue weighted by Crippen LogP contribution is 2.37. The molecule has 164 valence electrons. The van der Waals surface area contributed by atoms with Gasteiger partial charge < -0.3 is 14.9 Å². The molecule has 3 aromatic rings. The Morgan fingerprint density at radius 1 is 1.00 bits per heavy atom. The summed E-state index contributed by atoms with van der Waals surface area (Å²) in [5.74, 6) is -2.90. The summed E-state index contributed by atoms with van der Waals surface area (Å²) in [5.41, 5.74) is 2.01. The quantitative estimate of drug-likeness (QED) is 0.286. The number of carboxylic acid groups (broad SMARTS) is 2. The van der Waals surface area contributed by atoms with Gasteiger partial charge in [0.1, 0.15) is 0 Å². The van der Waals surface area contributed by atoms with E-state index in [1.165, 1.54) is 6.07 Å². The van der Waals surface area contributed by atoms with E-state index < -0.39 is 17.9 Å². The molecule has 6 heteroatoms. The minimum absolute atomic E-state index is 0.0371. The summed E-state index contributed by atoms with van der Waals surface area (Å²) in [7, 11) is 0. The normalized spacial score (nSPS) is 10.7. The molecule has 6 nitrogen and oxygen atoms in total. The van der Waals surface area contributed by atoms with Gasteiger partial charge in [-0.1, -0.05) is 49.0 Å². The molecule has 3 aromatic carbocycles. The average molecular weight is 432 g/mol. The van der Waals surface area contributed by atoms with Crippen molar-refractivity contribution in [3.63, 3.8) is 0 Å². The van der Waals surface area contributed by atoms with Crippen LogP contribution >= 0.6 is 0 Å². The van der Waals surface area contributed by atoms with Crippen LogP contribution in [0.2, 0.25) is 0 Å². The van der Waals surface area contributed by atoms with Crippen LogP contribution in [0, 0.1) is 6.92 Å². The minimum atomic E-state index is -1.20. The zero-order valence-electron chi connectivity index (χ0n) is 18.0. The van der Waals surface area contributed by atoms with Gasteiger partial charge in [0.25, 0.3) is 0 Å². The van der Waals surface area contributed by atoms with Crippen molar-refractivity contribution in [2.24, 2.45) is 0 Å². The molecule has 0 fully saturated rings. The topological polar surface area (TPSA) is 101 Å². The Hall–Kier alpha value is -3.93. The Kier molecular flexibility index (Phi) is 6.73. The molecule has 32 heavy (non-hydrogen) atoms. The molecule has 0 spiro atoms. The second-order valence-corrected chi connectivity index (χ2v) is 7.63. The van der Waals surface area contributed by atoms with Gasteiger partial charge in [0.2, 0.25) is 0 Å². The molecule has 3 rings (SSSR count). The summed E-state index contributed by atoms with van der Waals surface area (Å²) in [5, 5.41) is 21.7. The first-order valence-electron chi connectivity index (χ1n) is 10.2. The van der Waals surface area contributed by atoms with E-state index in [0.29, 0.717) is 29.5 Å². The molecule has 0 atom stereocenters. The highest BCUT2D eigenvalue weighted by Gasteiger charge is 2.26. The molecule has 0 heterocycles. The van der Waals surface area contributed by atoms with Gasteiger partial charge in [0, 0.05) is 11.1 Å². The number of carbonyl (C=O) groups excluding carboxylic acids is 1. The van der Waals surface area contributed by atoms with E-state index in [4.69, 9.17) is 4.74 Å². The van der Waals surface area contributed by atoms with Crippen molar-refractivity contribution in [3.8, 4) is 11.1 Å². The molecule has 0 aliphatic rings. The van der Waals surface area contributed by atoms with Crippen molar-refractivity contribution < 1.29 is 29.3 Å². The van der Waals surface area contributed by atoms with E-state index in [1.807, 2.05) is 30.3 Å². The smallest absolute Gasteiger partial charge is 0.336 e. The summed E-state index contributed by atoms with van der Waals surface area (Å²) < 4.78 is 5.12. The Morgan fingerprint density at radius 2 is 1.69 bits per heavy atom. The maximum absolute atomic E-state index is 12.4. The Morgan fingerprint density at radius 3 is 2.34 bits per heavy atom. The number of fused-ring (bicyclic) bond motifs is 1. The second kappa shape index (κ2) is 9.47. The highest BCUT2D eigenvalue weighted by atomic mass is 16.5. The Balaban J connectivity index is 2.16. The van der Waals surface area contributed by atoms with Gasteiger partial charge in [-0.05, 0) is 60.2 Å². The summed E-state index contributed by atoms with van der Waals surface area (Å²) >= 11 is 0. The molecule has 0 radical (unpaired) electrons. The van der Waals surface area contributed by atoms with Crippen LogP contribution in [0.15, 0.2) is 60.7 Å². The molecule has 0 aromatic heterocycles. The molecular formula is C26H24O6. The summed E-state index contributed by atoms with van der Waals surface area (Å²) in [6.07, 6.45) is 0.705. The third kappa shape index (κ3) is 4.54. The molecule has 0 aliphatic carbocycles. The number of ether oxygens (including phenoxy) is 1. The van der Waals surface area contributed by atoms with Crippen LogP contribution in [0.4, 0.5) is 0 Å². The Labute approximate surface area is 185 Å². The lowest BCUT2D eigenvalue weighted by Crippen LogP contribution is -2.14. The van der Waals surface area contributed by atoms with Gasteiger partial charge in [-0.3, -0.25) is 0 Å². The molecular weight excluding hydrogens is 408 g/mol. The first-order valence-corrected chi connectivity index (χ1v) is 10.2. The van der Waals surface area contributed by atoms with Crippen molar-refractivity contribution in [1.29, 1.82) is 0 Å². The lowest BCUT2D eigenvalue weighted by molar-refractivity contribution is -0.139. The number of hydrogen-bond donors (Lipinski definition) is 2. The molecule has 0 amide bonds. The van der Waals surface area contributed by atoms with Gasteiger partial charge in [-0.15, -0.1) is 0 Å². The van der Waals surface area contributed by atoms with Gasteiger partial charge in [-0.25, -0.2) is 14.4 Å². The van der Waals surface area contributed by atoms with Crippen molar-refractivity contribution >= 4 is 28.7 Å². The van der Waals surface area contributed by atoms with E-state index >= 15 is 0 Å². The summed E-state index contributed by atoms with van der Waals surface area (Å²) in [4.78, 5) is 36.1. The van der Waals surface area contributed by atoms with Gasteiger partial charge in [0.15, 0.2) is 0 Å². The van der Waals surface area contributed by atoms with Crippen molar-refractivity contribution in [2.75, 3.05) is 6.61 Å². The van der Waals surface area contributed by atoms with E-state index in [0.717, 1.165) is 10.8 Å². The standard InChI is InChI=1S/C26H24O6/c1-15(2)26(31)32-13-7-12-18-16(3)14-21(24(27)28)22(23(18)25(29)30)20-11-6-9-17-8-4-5-10-19(17)20/h4-6,8-11,14H,1,7,12-13H2,2-3H3,(H,27,28)(H,29,30). The predicted molar refractivity (Wildman–Crippen MR) is 122 cm³/mol. The number of benzene rings is 3. The van der Waals surface area contributed by atoms with Crippen molar-refractivity contribution in [3.05, 3.63) is 82.9 Å². The van der Waals surface area contributed by atoms with Crippen LogP contribution in [0.3, 0.4) is 0 Å². The van der Waals surface area contributed by atoms with E-state index in [-0.39, 0.29) is 28.9 Å². The highest BCUT2D eigenvalue weighted by molar-refractivity contribution is 6.11. The second-order valence-electron chi connectivity index (χ2n) is 7.63. The van der Waals surface area contributed by atoms with Gasteiger partial charge >= 0.3 is 17.9 Å². The largest absolute Gasteiger partial charge is 0.478 e. The fourth-order valence-electron chi connectivity index (χ4n) is 3.85. The first kappa shape index (κ1) is 22.7. The molecule has 0 saturated heterocycles. The van der Waals surface area contributed by atoms with E-state index in [1.54, 1.807) is 26.0 Å². The number of carboxylic acids is 2. The zero-order valence-corrected chi connectivity index (χ0v) is 18.0. The van der Waals surface area contributed by atoms with Crippen LogP contribution in [-0.2, 0) is 16.0 Å². The van der Waals surface area contributed by atoms with Crippen LogP contribution in [0.1, 0.15) is 45.2 Å². The molecule has 0 saturated carbocycles. The molecule has 0 aliphatic heterocycles. The fraction of sp³-hybridized carbons (Fsp3) is 0.192. The number of aryl methyl sites for hydroxylation is 1. The van der Waals surface area contributed by atoms with Gasteiger partial charge in [0.05, 0.1) is 17.7 Å². The van der Waals surface area contributed by atoms with E-state index in [2.05, 4.69) is 6.58 Å². The monoisotopic (exact) mass is 432 g/mol. The lowest BCUT2D eigenvalue weighted by Gasteiger charge is -2.19. The van der Waals surface area contributed by atoms with Gasteiger partial charge in [-0.2, -0.15) is 0 Å². The number of hydrogen-bond acceptors (Lipinski definition) is 4. The first-order chi connectivity index (χ1) is 15.2. The predicted octanol–water partition coefficient (Wildman–Crippen LogP) is 5.26. The molecule has 0 bridgehead atoms. The maximum Gasteiger partial charge on any atom is 0.336 e. The SMILES string of the molecule is C=C(C)C(=O)OCCCc1c(C)cc(C(=O)O)c(-c2cccc3ccccc23)c1C(=O)O. The van der Waals surface area contributed by atoms with Crippen LogP contribution in [0.25, 0.3) is 21.9 Å². The number of rotatable bonds is 8. The molecule has 0 unspecified atom stereocenters. The number of aromatic carboxylic acids is 2. The maximum atomic E-state index is 12.4. The lowest BCUT2D eigenvalue weighted by atomic mass is 9.84. The molecule has 2 N–H and O–H groups in total. The van der Waals surface area contributed by atoms with Crippen molar-refractivity contribution in [1.82, 2.24) is 0 Å². The minimum Gasteiger partial charge on any atom is -0.478 e. The number of esters is 1. The Bertz CT molecular complexity index is 1230. The average Bonchev–Trinajstić information content (AvgIpc) is 2.76. The van der Waals surface area contributed by atoms with Crippen LogP contribution < -0.4 is 0 Å². The van der Waals surface area contributed by atoms with Crippen LogP contribution in [-0.4, -0.2) is 34.7 Å². The number of carbonyl (C=O) groups is 3. The summed E-state index contributed by atoms with van der Waals surface area (Å²) in [6.45, 7) is 6.88. The zero-order chi connectivity index (χ0) is 23.4. The third-order valence-electron chi connectivity index (χ3n) is 5.31. The van der Waals surface area contributed by atoms with E-state index in [9.17, 15) is 24.6 Å². The van der Waals surface area contributed by atoms with Crippen LogP contribution in [0.5, 0.6) is 0 Å².